The number of carboxylic acid groups (broad SMARTS) is 1. The van der Waals surface area contributed by atoms with E-state index < -0.39 is 5.97 Å². The van der Waals surface area contributed by atoms with E-state index in [2.05, 4.69) is 20.6 Å². The molecular formula is C10H13N5O2S. The van der Waals surface area contributed by atoms with Gasteiger partial charge in [0.15, 0.2) is 10.8 Å². The van der Waals surface area contributed by atoms with Gasteiger partial charge in [0.2, 0.25) is 0 Å². The number of nitrogens with zero attached hydrogens (tertiary/aromatic N) is 4. The molecule has 7 nitrogen and oxygen atoms in total. The molecule has 8 heteroatoms. The van der Waals surface area contributed by atoms with Gasteiger partial charge in [-0.2, -0.15) is 0 Å². The van der Waals surface area contributed by atoms with Crippen LogP contribution in [0.1, 0.15) is 21.8 Å². The van der Waals surface area contributed by atoms with E-state index in [1.54, 1.807) is 24.0 Å². The molecular weight excluding hydrogens is 254 g/mol. The average molecular weight is 267 g/mol. The standard InChI is InChI=1S/C10H13N5O2S/c1-7-8(9(16)17)13-10(18-7)11-3-2-5-15-6-4-12-14-15/h4,6H,2-3,5H2,1H3,(H,11,13)(H,16,17). The predicted molar refractivity (Wildman–Crippen MR) is 66.9 cm³/mol. The number of aromatic carboxylic acids is 1. The second-order valence-electron chi connectivity index (χ2n) is 3.68. The number of hydrogen-bond donors (Lipinski definition) is 2. The largest absolute Gasteiger partial charge is 0.476 e. The van der Waals surface area contributed by atoms with Crippen LogP contribution in [0.5, 0.6) is 0 Å². The maximum atomic E-state index is 10.8. The van der Waals surface area contributed by atoms with Gasteiger partial charge in [0.25, 0.3) is 0 Å². The summed E-state index contributed by atoms with van der Waals surface area (Å²) >= 11 is 1.35. The van der Waals surface area contributed by atoms with E-state index in [-0.39, 0.29) is 5.69 Å². The van der Waals surface area contributed by atoms with Crippen molar-refractivity contribution >= 4 is 22.4 Å². The highest BCUT2D eigenvalue weighted by Gasteiger charge is 2.13. The first-order valence-electron chi connectivity index (χ1n) is 5.45. The van der Waals surface area contributed by atoms with E-state index in [1.807, 2.05) is 0 Å². The van der Waals surface area contributed by atoms with Gasteiger partial charge in [-0.05, 0) is 13.3 Å². The van der Waals surface area contributed by atoms with E-state index in [0.717, 1.165) is 13.0 Å². The topological polar surface area (TPSA) is 92.9 Å². The third-order valence-electron chi connectivity index (χ3n) is 2.31. The lowest BCUT2D eigenvalue weighted by Gasteiger charge is -2.02. The number of thiazole rings is 1. The molecule has 2 rings (SSSR count). The Hall–Kier alpha value is -1.96. The number of carboxylic acids is 1. The fourth-order valence-electron chi connectivity index (χ4n) is 1.46. The molecule has 0 aliphatic heterocycles. The lowest BCUT2D eigenvalue weighted by molar-refractivity contribution is 0.0690. The SMILES string of the molecule is Cc1sc(NCCCn2ccnn2)nc1C(=O)O. The van der Waals surface area contributed by atoms with E-state index in [1.165, 1.54) is 11.3 Å². The Bertz CT molecular complexity index is 522. The average Bonchev–Trinajstić information content (AvgIpc) is 2.94. The maximum Gasteiger partial charge on any atom is 0.355 e. The number of rotatable bonds is 6. The maximum absolute atomic E-state index is 10.8. The lowest BCUT2D eigenvalue weighted by Crippen LogP contribution is -2.07. The van der Waals surface area contributed by atoms with Crippen molar-refractivity contribution in [3.05, 3.63) is 23.0 Å². The van der Waals surface area contributed by atoms with Gasteiger partial charge in [-0.1, -0.05) is 5.21 Å². The van der Waals surface area contributed by atoms with Crippen molar-refractivity contribution in [3.8, 4) is 0 Å². The molecule has 2 aromatic rings. The molecule has 2 heterocycles. The summed E-state index contributed by atoms with van der Waals surface area (Å²) in [7, 11) is 0. The van der Waals surface area contributed by atoms with E-state index in [9.17, 15) is 4.79 Å². The molecule has 0 atom stereocenters. The minimum Gasteiger partial charge on any atom is -0.476 e. The van der Waals surface area contributed by atoms with Gasteiger partial charge in [-0.15, -0.1) is 16.4 Å². The molecule has 0 bridgehead atoms. The van der Waals surface area contributed by atoms with Crippen molar-refractivity contribution in [1.29, 1.82) is 0 Å². The highest BCUT2D eigenvalue weighted by molar-refractivity contribution is 7.15. The Morgan fingerprint density at radius 3 is 3.06 bits per heavy atom. The number of nitrogens with one attached hydrogen (secondary N) is 1. The van der Waals surface area contributed by atoms with Gasteiger partial charge >= 0.3 is 5.97 Å². The van der Waals surface area contributed by atoms with Crippen LogP contribution in [-0.4, -0.2) is 37.6 Å². The Labute approximate surface area is 107 Å². The third kappa shape index (κ3) is 3.04. The number of anilines is 1. The van der Waals surface area contributed by atoms with Gasteiger partial charge in [-0.3, -0.25) is 4.68 Å². The minimum absolute atomic E-state index is 0.124. The smallest absolute Gasteiger partial charge is 0.355 e. The van der Waals surface area contributed by atoms with Crippen molar-refractivity contribution in [1.82, 2.24) is 20.0 Å². The summed E-state index contributed by atoms with van der Waals surface area (Å²) in [5, 5.41) is 20.2. The first kappa shape index (κ1) is 12.5. The van der Waals surface area contributed by atoms with Crippen LogP contribution < -0.4 is 5.32 Å². The number of aryl methyl sites for hydroxylation is 2. The summed E-state index contributed by atoms with van der Waals surface area (Å²) in [6, 6.07) is 0. The van der Waals surface area contributed by atoms with E-state index in [4.69, 9.17) is 5.11 Å². The molecule has 0 saturated heterocycles. The molecule has 0 aliphatic rings. The first-order chi connectivity index (χ1) is 8.66. The van der Waals surface area contributed by atoms with Crippen LogP contribution >= 0.6 is 11.3 Å². The second kappa shape index (κ2) is 5.58. The minimum atomic E-state index is -0.987. The van der Waals surface area contributed by atoms with Crippen LogP contribution in [0.3, 0.4) is 0 Å². The second-order valence-corrected chi connectivity index (χ2v) is 4.88. The van der Waals surface area contributed by atoms with Crippen molar-refractivity contribution in [2.75, 3.05) is 11.9 Å². The van der Waals surface area contributed by atoms with Crippen molar-refractivity contribution in [3.63, 3.8) is 0 Å². The predicted octanol–water partition coefficient (Wildman–Crippen LogP) is 1.24. The van der Waals surface area contributed by atoms with Gasteiger partial charge in [0, 0.05) is 24.2 Å². The van der Waals surface area contributed by atoms with E-state index >= 15 is 0 Å². The van der Waals surface area contributed by atoms with Crippen molar-refractivity contribution in [2.24, 2.45) is 0 Å². The quantitative estimate of drug-likeness (QED) is 0.765. The van der Waals surface area contributed by atoms with Crippen LogP contribution in [0.2, 0.25) is 0 Å². The zero-order valence-corrected chi connectivity index (χ0v) is 10.6. The van der Waals surface area contributed by atoms with Gasteiger partial charge in [0.05, 0.1) is 6.20 Å². The summed E-state index contributed by atoms with van der Waals surface area (Å²) in [6.07, 6.45) is 4.30. The Morgan fingerprint density at radius 2 is 2.44 bits per heavy atom. The summed E-state index contributed by atoms with van der Waals surface area (Å²) in [5.74, 6) is -0.987. The number of aromatic nitrogens is 4. The highest BCUT2D eigenvalue weighted by atomic mass is 32.1. The Kier molecular flexibility index (Phi) is 3.88. The zero-order valence-electron chi connectivity index (χ0n) is 9.83. The van der Waals surface area contributed by atoms with Crippen LogP contribution in [0, 0.1) is 6.92 Å². The summed E-state index contributed by atoms with van der Waals surface area (Å²) in [5.41, 5.74) is 0.124. The molecule has 0 aromatic carbocycles. The highest BCUT2D eigenvalue weighted by Crippen LogP contribution is 2.21. The molecule has 18 heavy (non-hydrogen) atoms. The summed E-state index contributed by atoms with van der Waals surface area (Å²) in [6.45, 7) is 3.23. The molecule has 0 unspecified atom stereocenters. The van der Waals surface area contributed by atoms with Crippen molar-refractivity contribution < 1.29 is 9.90 Å². The molecule has 0 aliphatic carbocycles. The van der Waals surface area contributed by atoms with E-state index in [0.29, 0.717) is 16.6 Å². The van der Waals surface area contributed by atoms with Crippen molar-refractivity contribution in [2.45, 2.75) is 19.9 Å². The van der Waals surface area contributed by atoms with Gasteiger partial charge in [0.1, 0.15) is 0 Å². The molecule has 0 radical (unpaired) electrons. The molecule has 96 valence electrons. The first-order valence-corrected chi connectivity index (χ1v) is 6.27. The Balaban J connectivity index is 1.80. The van der Waals surface area contributed by atoms with Crippen LogP contribution in [0.15, 0.2) is 12.4 Å². The monoisotopic (exact) mass is 267 g/mol. The van der Waals surface area contributed by atoms with Gasteiger partial charge in [-0.25, -0.2) is 9.78 Å². The number of hydrogen-bond acceptors (Lipinski definition) is 6. The zero-order chi connectivity index (χ0) is 13.0. The molecule has 2 N–H and O–H groups in total. The fourth-order valence-corrected chi connectivity index (χ4v) is 2.29. The van der Waals surface area contributed by atoms with Crippen LogP contribution in [-0.2, 0) is 6.54 Å². The molecule has 0 amide bonds. The molecule has 0 spiro atoms. The molecule has 0 fully saturated rings. The summed E-state index contributed by atoms with van der Waals surface area (Å²) in [4.78, 5) is 15.5. The van der Waals surface area contributed by atoms with Crippen LogP contribution in [0.4, 0.5) is 5.13 Å². The third-order valence-corrected chi connectivity index (χ3v) is 3.24. The van der Waals surface area contributed by atoms with Crippen LogP contribution in [0.25, 0.3) is 0 Å². The molecule has 2 aromatic heterocycles. The Morgan fingerprint density at radius 1 is 1.61 bits per heavy atom. The molecule has 0 saturated carbocycles. The summed E-state index contributed by atoms with van der Waals surface area (Å²) < 4.78 is 1.75. The number of carbonyl (C=O) groups is 1. The fraction of sp³-hybridized carbons (Fsp3) is 0.400. The lowest BCUT2D eigenvalue weighted by atomic mass is 10.4. The normalized spacial score (nSPS) is 10.5. The van der Waals surface area contributed by atoms with Gasteiger partial charge < -0.3 is 10.4 Å².